The molecule has 0 radical (unpaired) electrons. The van der Waals surface area contributed by atoms with Crippen molar-refractivity contribution >= 4 is 11.9 Å². The lowest BCUT2D eigenvalue weighted by Crippen LogP contribution is -2.52. The van der Waals surface area contributed by atoms with Crippen molar-refractivity contribution in [2.45, 2.75) is 31.2 Å². The van der Waals surface area contributed by atoms with Crippen molar-refractivity contribution in [2.75, 3.05) is 26.2 Å². The van der Waals surface area contributed by atoms with E-state index in [2.05, 4.69) is 14.9 Å². The van der Waals surface area contributed by atoms with Gasteiger partial charge in [-0.3, -0.25) is 9.69 Å². The van der Waals surface area contributed by atoms with Crippen LogP contribution in [0.5, 0.6) is 5.75 Å². The Hall–Kier alpha value is -3.28. The van der Waals surface area contributed by atoms with Crippen LogP contribution in [-0.2, 0) is 16.0 Å². The zero-order valence-corrected chi connectivity index (χ0v) is 17.4. The van der Waals surface area contributed by atoms with Crippen LogP contribution in [0.3, 0.4) is 0 Å². The Labute approximate surface area is 186 Å². The van der Waals surface area contributed by atoms with E-state index in [1.54, 1.807) is 24.5 Å². The second kappa shape index (κ2) is 10.6. The van der Waals surface area contributed by atoms with E-state index in [0.717, 1.165) is 19.5 Å². The molecule has 2 aliphatic heterocycles. The van der Waals surface area contributed by atoms with E-state index in [1.807, 2.05) is 4.90 Å². The highest BCUT2D eigenvalue weighted by atomic mass is 19.4. The molecule has 1 amide bonds. The first kappa shape index (κ1) is 24.4. The topological polar surface area (TPSA) is 95.9 Å². The third-order valence-corrected chi connectivity index (χ3v) is 5.26. The Morgan fingerprint density at radius 1 is 1.15 bits per heavy atom. The molecule has 0 unspecified atom stereocenters. The van der Waals surface area contributed by atoms with Gasteiger partial charge >= 0.3 is 12.1 Å². The van der Waals surface area contributed by atoms with Crippen LogP contribution < -0.4 is 4.74 Å². The number of rotatable bonds is 4. The fourth-order valence-corrected chi connectivity index (χ4v) is 3.78. The Morgan fingerprint density at radius 2 is 1.85 bits per heavy atom. The van der Waals surface area contributed by atoms with Gasteiger partial charge < -0.3 is 14.7 Å². The van der Waals surface area contributed by atoms with Gasteiger partial charge in [0.15, 0.2) is 5.75 Å². The number of hydrogen-bond acceptors (Lipinski definition) is 6. The number of carboxylic acid groups (broad SMARTS) is 1. The summed E-state index contributed by atoms with van der Waals surface area (Å²) in [5, 5.41) is 7.12. The molecule has 178 valence electrons. The normalized spacial score (nSPS) is 20.4. The first-order valence-electron chi connectivity index (χ1n) is 10.1. The van der Waals surface area contributed by atoms with Crippen LogP contribution in [-0.4, -0.2) is 81.3 Å². The third kappa shape index (κ3) is 7.11. The molecule has 2 aromatic rings. The summed E-state index contributed by atoms with van der Waals surface area (Å²) in [6, 6.07) is 6.55. The Kier molecular flexibility index (Phi) is 7.79. The number of aromatic nitrogens is 2. The molecule has 1 aromatic carbocycles. The van der Waals surface area contributed by atoms with Crippen LogP contribution in [0.2, 0.25) is 0 Å². The van der Waals surface area contributed by atoms with E-state index in [4.69, 9.17) is 14.6 Å². The van der Waals surface area contributed by atoms with Crippen molar-refractivity contribution in [3.63, 3.8) is 0 Å². The van der Waals surface area contributed by atoms with E-state index in [1.165, 1.54) is 18.5 Å². The lowest BCUT2D eigenvalue weighted by molar-refractivity contribution is -0.192. The standard InChI is InChI=1S/C19H21FN4O2.C2HF3O2/c20-15-3-1-2-14(6-15)7-19(25)24-5-4-23-12-17(8-16(23)11-24)26-18-9-21-13-22-10-18;3-2(4,5)1(6)7/h1-3,6,9-10,13,16-17H,4-5,7-8,11-12H2;(H,6,7)/t16-,17+;/m0./s1. The van der Waals surface area contributed by atoms with Gasteiger partial charge in [-0.1, -0.05) is 12.1 Å². The van der Waals surface area contributed by atoms with E-state index < -0.39 is 12.1 Å². The van der Waals surface area contributed by atoms with Crippen LogP contribution in [0, 0.1) is 5.82 Å². The Bertz CT molecular complexity index is 961. The van der Waals surface area contributed by atoms with Gasteiger partial charge in [-0.05, 0) is 17.7 Å². The van der Waals surface area contributed by atoms with E-state index in [-0.39, 0.29) is 24.2 Å². The number of benzene rings is 1. The van der Waals surface area contributed by atoms with E-state index >= 15 is 0 Å². The fraction of sp³-hybridized carbons (Fsp3) is 0.429. The lowest BCUT2D eigenvalue weighted by atomic mass is 10.1. The van der Waals surface area contributed by atoms with Gasteiger partial charge in [0, 0.05) is 38.6 Å². The molecular formula is C21H22F4N4O4. The van der Waals surface area contributed by atoms with Crippen LogP contribution in [0.25, 0.3) is 0 Å². The molecule has 12 heteroatoms. The third-order valence-electron chi connectivity index (χ3n) is 5.26. The number of nitrogens with zero attached hydrogens (tertiary/aromatic N) is 4. The maximum atomic E-state index is 13.3. The van der Waals surface area contributed by atoms with Gasteiger partial charge in [0.05, 0.1) is 18.8 Å². The SMILES string of the molecule is O=C(Cc1cccc(F)c1)N1CCN2C[C@H](Oc3cncnc3)C[C@H]2C1.O=C(O)C(F)(F)F. The molecule has 0 aliphatic carbocycles. The van der Waals surface area contributed by atoms with Crippen molar-refractivity contribution in [3.05, 3.63) is 54.4 Å². The molecule has 0 saturated carbocycles. The van der Waals surface area contributed by atoms with Gasteiger partial charge in [0.2, 0.25) is 5.91 Å². The highest BCUT2D eigenvalue weighted by molar-refractivity contribution is 5.79. The van der Waals surface area contributed by atoms with Crippen molar-refractivity contribution in [3.8, 4) is 5.75 Å². The van der Waals surface area contributed by atoms with Crippen LogP contribution in [0.15, 0.2) is 43.0 Å². The summed E-state index contributed by atoms with van der Waals surface area (Å²) in [5.41, 5.74) is 0.717. The number of piperazine rings is 1. The second-order valence-electron chi connectivity index (χ2n) is 7.65. The summed E-state index contributed by atoms with van der Waals surface area (Å²) in [6.07, 6.45) is 0.930. The minimum Gasteiger partial charge on any atom is -0.486 e. The van der Waals surface area contributed by atoms with Gasteiger partial charge in [0.25, 0.3) is 0 Å². The number of alkyl halides is 3. The van der Waals surface area contributed by atoms with Crippen molar-refractivity contribution in [1.82, 2.24) is 19.8 Å². The monoisotopic (exact) mass is 470 g/mol. The maximum Gasteiger partial charge on any atom is 0.490 e. The summed E-state index contributed by atoms with van der Waals surface area (Å²) in [7, 11) is 0. The molecule has 2 saturated heterocycles. The second-order valence-corrected chi connectivity index (χ2v) is 7.65. The molecule has 2 aliphatic rings. The number of fused-ring (bicyclic) bond motifs is 1. The number of halogens is 4. The lowest BCUT2D eigenvalue weighted by Gasteiger charge is -2.37. The molecule has 2 atom stereocenters. The molecule has 0 spiro atoms. The minimum absolute atomic E-state index is 0.0519. The predicted octanol–water partition coefficient (Wildman–Crippen LogP) is 2.16. The highest BCUT2D eigenvalue weighted by Gasteiger charge is 2.39. The first-order chi connectivity index (χ1) is 15.6. The smallest absolute Gasteiger partial charge is 0.486 e. The van der Waals surface area contributed by atoms with Gasteiger partial charge in [-0.15, -0.1) is 0 Å². The first-order valence-corrected chi connectivity index (χ1v) is 10.1. The van der Waals surface area contributed by atoms with E-state index in [0.29, 0.717) is 30.4 Å². The summed E-state index contributed by atoms with van der Waals surface area (Å²) in [4.78, 5) is 33.7. The van der Waals surface area contributed by atoms with Gasteiger partial charge in [-0.2, -0.15) is 13.2 Å². The zero-order chi connectivity index (χ0) is 24.0. The van der Waals surface area contributed by atoms with Gasteiger partial charge in [0.1, 0.15) is 18.2 Å². The summed E-state index contributed by atoms with van der Waals surface area (Å²) in [6.45, 7) is 3.08. The highest BCUT2D eigenvalue weighted by Crippen LogP contribution is 2.25. The summed E-state index contributed by atoms with van der Waals surface area (Å²) < 4.78 is 51.0. The summed E-state index contributed by atoms with van der Waals surface area (Å²) >= 11 is 0. The average molecular weight is 470 g/mol. The Balaban J connectivity index is 0.000000383. The van der Waals surface area contributed by atoms with Crippen LogP contribution in [0.4, 0.5) is 17.6 Å². The molecule has 33 heavy (non-hydrogen) atoms. The predicted molar refractivity (Wildman–Crippen MR) is 107 cm³/mol. The van der Waals surface area contributed by atoms with Gasteiger partial charge in [-0.25, -0.2) is 19.2 Å². The Morgan fingerprint density at radius 3 is 2.48 bits per heavy atom. The number of ether oxygens (including phenoxy) is 1. The number of aliphatic carboxylic acids is 1. The van der Waals surface area contributed by atoms with E-state index in [9.17, 15) is 22.4 Å². The molecule has 0 bridgehead atoms. The van der Waals surface area contributed by atoms with Crippen LogP contribution in [0.1, 0.15) is 12.0 Å². The van der Waals surface area contributed by atoms with Crippen molar-refractivity contribution in [1.29, 1.82) is 0 Å². The largest absolute Gasteiger partial charge is 0.490 e. The molecule has 8 nitrogen and oxygen atoms in total. The molecule has 2 fully saturated rings. The minimum atomic E-state index is -5.08. The number of amides is 1. The average Bonchev–Trinajstić information content (AvgIpc) is 3.15. The summed E-state index contributed by atoms with van der Waals surface area (Å²) in [5.74, 6) is -2.33. The molecule has 4 rings (SSSR count). The zero-order valence-electron chi connectivity index (χ0n) is 17.4. The number of carboxylic acids is 1. The fourth-order valence-electron chi connectivity index (χ4n) is 3.78. The molecule has 3 heterocycles. The van der Waals surface area contributed by atoms with Crippen molar-refractivity contribution in [2.24, 2.45) is 0 Å². The quantitative estimate of drug-likeness (QED) is 0.685. The number of hydrogen-bond donors (Lipinski definition) is 1. The molecule has 1 N–H and O–H groups in total. The number of carbonyl (C=O) groups is 2. The molecule has 1 aromatic heterocycles. The number of carbonyl (C=O) groups excluding carboxylic acids is 1. The molecular weight excluding hydrogens is 448 g/mol. The van der Waals surface area contributed by atoms with Crippen LogP contribution >= 0.6 is 0 Å². The maximum absolute atomic E-state index is 13.3. The van der Waals surface area contributed by atoms with Crippen molar-refractivity contribution < 1.29 is 37.0 Å².